The van der Waals surface area contributed by atoms with Gasteiger partial charge in [0.05, 0.1) is 10.6 Å². The number of nitrogens with one attached hydrogen (secondary N) is 1. The average molecular weight is 407 g/mol. The number of amides is 1. The van der Waals surface area contributed by atoms with Crippen molar-refractivity contribution in [2.75, 3.05) is 16.7 Å². The van der Waals surface area contributed by atoms with E-state index in [0.717, 1.165) is 27.9 Å². The molecule has 5 nitrogen and oxygen atoms in total. The van der Waals surface area contributed by atoms with E-state index in [1.807, 2.05) is 39.0 Å². The lowest BCUT2D eigenvalue weighted by atomic mass is 9.96. The first-order valence-electron chi connectivity index (χ1n) is 9.31. The number of rotatable bonds is 2. The van der Waals surface area contributed by atoms with E-state index in [0.29, 0.717) is 16.8 Å². The van der Waals surface area contributed by atoms with E-state index in [4.69, 9.17) is 0 Å². The van der Waals surface area contributed by atoms with Crippen LogP contribution in [0.4, 0.5) is 11.4 Å². The third kappa shape index (κ3) is 3.19. The van der Waals surface area contributed by atoms with Crippen molar-refractivity contribution in [2.24, 2.45) is 0 Å². The Hall–Kier alpha value is -3.12. The summed E-state index contributed by atoms with van der Waals surface area (Å²) in [5.41, 5.74) is 6.06. The fraction of sp³-hybridized carbons (Fsp3) is 0.174. The summed E-state index contributed by atoms with van der Waals surface area (Å²) in [5.74, 6) is -0.227. The average Bonchev–Trinajstić information content (AvgIpc) is 2.65. The van der Waals surface area contributed by atoms with E-state index in [2.05, 4.69) is 5.32 Å². The van der Waals surface area contributed by atoms with Gasteiger partial charge in [0.25, 0.3) is 15.9 Å². The van der Waals surface area contributed by atoms with Crippen LogP contribution < -0.4 is 9.62 Å². The molecule has 0 saturated carbocycles. The monoisotopic (exact) mass is 406 g/mol. The summed E-state index contributed by atoms with van der Waals surface area (Å²) in [5, 5.41) is 2.95. The highest BCUT2D eigenvalue weighted by Gasteiger charge is 2.33. The lowest BCUT2D eigenvalue weighted by Gasteiger charge is -2.31. The fourth-order valence-electron chi connectivity index (χ4n) is 3.97. The molecule has 3 aromatic rings. The van der Waals surface area contributed by atoms with Crippen molar-refractivity contribution in [3.63, 3.8) is 0 Å². The quantitative estimate of drug-likeness (QED) is 0.673. The van der Waals surface area contributed by atoms with Crippen LogP contribution in [0.15, 0.2) is 59.5 Å². The topological polar surface area (TPSA) is 66.5 Å². The van der Waals surface area contributed by atoms with Crippen LogP contribution in [0.3, 0.4) is 0 Å². The Kier molecular flexibility index (Phi) is 4.46. The van der Waals surface area contributed by atoms with Crippen LogP contribution in [0, 0.1) is 20.8 Å². The Bertz CT molecular complexity index is 1240. The van der Waals surface area contributed by atoms with Gasteiger partial charge >= 0.3 is 0 Å². The number of aryl methyl sites for hydroxylation is 3. The molecule has 1 N–H and O–H groups in total. The van der Waals surface area contributed by atoms with E-state index >= 15 is 0 Å². The first kappa shape index (κ1) is 19.2. The van der Waals surface area contributed by atoms with Gasteiger partial charge in [-0.2, -0.15) is 0 Å². The number of nitrogens with zero attached hydrogens (tertiary/aromatic N) is 1. The van der Waals surface area contributed by atoms with Crippen molar-refractivity contribution < 1.29 is 13.2 Å². The van der Waals surface area contributed by atoms with Gasteiger partial charge in [-0.05, 0) is 67.8 Å². The maximum Gasteiger partial charge on any atom is 0.264 e. The van der Waals surface area contributed by atoms with E-state index in [1.165, 1.54) is 4.31 Å². The van der Waals surface area contributed by atoms with E-state index in [9.17, 15) is 13.2 Å². The summed E-state index contributed by atoms with van der Waals surface area (Å²) < 4.78 is 27.1. The van der Waals surface area contributed by atoms with Gasteiger partial charge in [-0.25, -0.2) is 8.42 Å². The highest BCUT2D eigenvalue weighted by Crippen LogP contribution is 2.44. The number of hydrogen-bond acceptors (Lipinski definition) is 3. The predicted octanol–water partition coefficient (Wildman–Crippen LogP) is 4.67. The summed E-state index contributed by atoms with van der Waals surface area (Å²) >= 11 is 0. The Morgan fingerprint density at radius 1 is 0.897 bits per heavy atom. The third-order valence-corrected chi connectivity index (χ3v) is 6.99. The number of benzene rings is 3. The number of carbonyl (C=O) groups excluding carboxylic acids is 1. The zero-order valence-corrected chi connectivity index (χ0v) is 17.6. The van der Waals surface area contributed by atoms with Crippen molar-refractivity contribution in [1.29, 1.82) is 0 Å². The minimum absolute atomic E-state index is 0.227. The first-order valence-corrected chi connectivity index (χ1v) is 10.7. The largest absolute Gasteiger partial charge is 0.322 e. The zero-order valence-electron chi connectivity index (χ0n) is 16.8. The Morgan fingerprint density at radius 3 is 2.24 bits per heavy atom. The first-order chi connectivity index (χ1) is 13.7. The molecule has 0 unspecified atom stereocenters. The van der Waals surface area contributed by atoms with Gasteiger partial charge in [0.15, 0.2) is 0 Å². The number of fused-ring (bicyclic) bond motifs is 3. The van der Waals surface area contributed by atoms with Gasteiger partial charge in [0, 0.05) is 29.4 Å². The second-order valence-electron chi connectivity index (χ2n) is 7.49. The summed E-state index contributed by atoms with van der Waals surface area (Å²) in [6.45, 7) is 5.80. The molecule has 1 aliphatic heterocycles. The smallest absolute Gasteiger partial charge is 0.264 e. The number of sulfonamides is 1. The van der Waals surface area contributed by atoms with E-state index < -0.39 is 10.0 Å². The number of hydrogen-bond donors (Lipinski definition) is 1. The molecule has 0 bridgehead atoms. The molecule has 0 aliphatic carbocycles. The van der Waals surface area contributed by atoms with Gasteiger partial charge in [-0.15, -0.1) is 0 Å². The number of carbonyl (C=O) groups is 1. The van der Waals surface area contributed by atoms with E-state index in [-0.39, 0.29) is 10.8 Å². The highest BCUT2D eigenvalue weighted by atomic mass is 32.2. The van der Waals surface area contributed by atoms with E-state index in [1.54, 1.807) is 43.4 Å². The molecule has 3 aromatic carbocycles. The van der Waals surface area contributed by atoms with Crippen molar-refractivity contribution in [3.05, 3.63) is 76.9 Å². The van der Waals surface area contributed by atoms with Crippen molar-refractivity contribution in [1.82, 2.24) is 0 Å². The van der Waals surface area contributed by atoms with Crippen LogP contribution in [0.5, 0.6) is 0 Å². The molecule has 6 heteroatoms. The van der Waals surface area contributed by atoms with Crippen molar-refractivity contribution >= 4 is 27.3 Å². The van der Waals surface area contributed by atoms with Crippen LogP contribution in [-0.2, 0) is 10.0 Å². The molecule has 0 spiro atoms. The van der Waals surface area contributed by atoms with Crippen LogP contribution in [0.25, 0.3) is 11.1 Å². The molecule has 1 amide bonds. The maximum absolute atomic E-state index is 13.0. The molecule has 0 atom stereocenters. The van der Waals surface area contributed by atoms with Crippen LogP contribution >= 0.6 is 0 Å². The summed E-state index contributed by atoms with van der Waals surface area (Å²) in [7, 11) is -2.07. The predicted molar refractivity (Wildman–Crippen MR) is 116 cm³/mol. The van der Waals surface area contributed by atoms with Crippen LogP contribution in [0.1, 0.15) is 27.0 Å². The molecule has 1 aliphatic rings. The molecule has 29 heavy (non-hydrogen) atoms. The molecule has 1 heterocycles. The molecule has 4 rings (SSSR count). The summed E-state index contributed by atoms with van der Waals surface area (Å²) in [6, 6.07) is 16.3. The van der Waals surface area contributed by atoms with Gasteiger partial charge in [0.1, 0.15) is 0 Å². The molecule has 148 valence electrons. The molecule has 0 fully saturated rings. The molecular weight excluding hydrogens is 384 g/mol. The lowest BCUT2D eigenvalue weighted by Crippen LogP contribution is -2.31. The SMILES string of the molecule is Cc1cc(C)cc(NC(=O)c2cc(C)c3c(c2)-c2ccccc2S(=O)(=O)N3C)c1. The van der Waals surface area contributed by atoms with Gasteiger partial charge in [-0.3, -0.25) is 9.10 Å². The lowest BCUT2D eigenvalue weighted by molar-refractivity contribution is 0.102. The van der Waals surface area contributed by atoms with Crippen LogP contribution in [-0.4, -0.2) is 21.4 Å². The highest BCUT2D eigenvalue weighted by molar-refractivity contribution is 7.93. The summed E-state index contributed by atoms with van der Waals surface area (Å²) in [6.07, 6.45) is 0. The molecule has 0 saturated heterocycles. The van der Waals surface area contributed by atoms with Crippen molar-refractivity contribution in [2.45, 2.75) is 25.7 Å². The van der Waals surface area contributed by atoms with Gasteiger partial charge < -0.3 is 5.32 Å². The summed E-state index contributed by atoms with van der Waals surface area (Å²) in [4.78, 5) is 13.2. The Morgan fingerprint density at radius 2 is 1.55 bits per heavy atom. The second-order valence-corrected chi connectivity index (χ2v) is 9.43. The zero-order chi connectivity index (χ0) is 20.9. The van der Waals surface area contributed by atoms with Crippen LogP contribution in [0.2, 0.25) is 0 Å². The molecule has 0 aromatic heterocycles. The van der Waals surface area contributed by atoms with Crippen molar-refractivity contribution in [3.8, 4) is 11.1 Å². The van der Waals surface area contributed by atoms with Gasteiger partial charge in [0.2, 0.25) is 0 Å². The van der Waals surface area contributed by atoms with Gasteiger partial charge in [-0.1, -0.05) is 24.3 Å². The third-order valence-electron chi connectivity index (χ3n) is 5.17. The molecular formula is C23H22N2O3S. The fourth-order valence-corrected chi connectivity index (χ4v) is 5.45. The minimum atomic E-state index is -3.62. The minimum Gasteiger partial charge on any atom is -0.322 e. The number of anilines is 2. The molecule has 0 radical (unpaired) electrons. The second kappa shape index (κ2) is 6.74. The normalized spacial score (nSPS) is 14.1. The Labute approximate surface area is 171 Å². The standard InChI is InChI=1S/C23H22N2O3S/c1-14-9-15(2)11-18(10-14)24-23(26)17-12-16(3)22-20(13-17)19-7-5-6-8-21(19)29(27,28)25(22)4/h5-13H,1-4H3,(H,24,26). The maximum atomic E-state index is 13.0. The Balaban J connectivity index is 1.82.